The average molecular weight is 445 g/mol. The lowest BCUT2D eigenvalue weighted by Gasteiger charge is -2.15. The van der Waals surface area contributed by atoms with E-state index in [2.05, 4.69) is 28.5 Å². The molecule has 0 aliphatic rings. The summed E-state index contributed by atoms with van der Waals surface area (Å²) in [4.78, 5) is 4.05. The summed E-state index contributed by atoms with van der Waals surface area (Å²) in [7, 11) is 0. The number of hydrogen-bond donors (Lipinski definition) is 1. The second-order valence-electron chi connectivity index (χ2n) is 6.64. The van der Waals surface area contributed by atoms with Crippen molar-refractivity contribution >= 4 is 35.6 Å². The lowest BCUT2D eigenvalue weighted by atomic mass is 10.0. The first-order valence-corrected chi connectivity index (χ1v) is 9.27. The van der Waals surface area contributed by atoms with Gasteiger partial charge < -0.3 is 10.1 Å². The predicted molar refractivity (Wildman–Crippen MR) is 124 cm³/mol. The van der Waals surface area contributed by atoms with Gasteiger partial charge in [-0.05, 0) is 52.2 Å². The lowest BCUT2D eigenvalue weighted by molar-refractivity contribution is 0.302. The number of hydrogen-bond acceptors (Lipinski definition) is 3. The van der Waals surface area contributed by atoms with Crippen molar-refractivity contribution in [3.8, 4) is 5.75 Å². The Kier molecular flexibility index (Phi) is 9.06. The van der Waals surface area contributed by atoms with Gasteiger partial charge in [-0.1, -0.05) is 42.5 Å². The zero-order valence-corrected chi connectivity index (χ0v) is 17.9. The van der Waals surface area contributed by atoms with Gasteiger partial charge in [-0.2, -0.15) is 0 Å². The SMILES string of the molecule is Cl.Cl.Fc1ccc(COc2ccc3ccccc3c2CNCc2ccncc2)cc1. The molecule has 0 atom stereocenters. The summed E-state index contributed by atoms with van der Waals surface area (Å²) in [5.74, 6) is 0.598. The highest BCUT2D eigenvalue weighted by Gasteiger charge is 2.09. The minimum atomic E-state index is -0.240. The molecule has 3 aromatic carbocycles. The van der Waals surface area contributed by atoms with E-state index in [0.717, 1.165) is 23.4 Å². The Morgan fingerprint density at radius 1 is 0.767 bits per heavy atom. The molecule has 1 aromatic heterocycles. The van der Waals surface area contributed by atoms with Crippen molar-refractivity contribution in [1.29, 1.82) is 0 Å². The van der Waals surface area contributed by atoms with Crippen molar-refractivity contribution in [2.45, 2.75) is 19.7 Å². The van der Waals surface area contributed by atoms with E-state index in [9.17, 15) is 4.39 Å². The van der Waals surface area contributed by atoms with E-state index < -0.39 is 0 Å². The van der Waals surface area contributed by atoms with Crippen LogP contribution in [0.25, 0.3) is 10.8 Å². The van der Waals surface area contributed by atoms with Gasteiger partial charge in [0.05, 0.1) is 0 Å². The van der Waals surface area contributed by atoms with Gasteiger partial charge in [0, 0.05) is 31.0 Å². The lowest BCUT2D eigenvalue weighted by Crippen LogP contribution is -2.14. The summed E-state index contributed by atoms with van der Waals surface area (Å²) in [5.41, 5.74) is 3.24. The Bertz CT molecular complexity index is 1060. The molecule has 6 heteroatoms. The molecule has 4 rings (SSSR count). The van der Waals surface area contributed by atoms with E-state index in [1.807, 2.05) is 30.3 Å². The fraction of sp³-hybridized carbons (Fsp3) is 0.125. The maximum Gasteiger partial charge on any atom is 0.124 e. The van der Waals surface area contributed by atoms with Crippen LogP contribution >= 0.6 is 24.8 Å². The molecule has 0 aliphatic heterocycles. The van der Waals surface area contributed by atoms with Crippen LogP contribution in [-0.2, 0) is 19.7 Å². The van der Waals surface area contributed by atoms with Crippen molar-refractivity contribution in [2.75, 3.05) is 0 Å². The zero-order valence-electron chi connectivity index (χ0n) is 16.3. The van der Waals surface area contributed by atoms with Crippen molar-refractivity contribution in [1.82, 2.24) is 10.3 Å². The maximum atomic E-state index is 13.1. The third-order valence-corrected chi connectivity index (χ3v) is 4.69. The first-order valence-electron chi connectivity index (χ1n) is 9.27. The number of rotatable bonds is 7. The Hall–Kier alpha value is -2.66. The van der Waals surface area contributed by atoms with Gasteiger partial charge in [0.25, 0.3) is 0 Å². The fourth-order valence-corrected chi connectivity index (χ4v) is 3.21. The Morgan fingerprint density at radius 2 is 1.50 bits per heavy atom. The number of fused-ring (bicyclic) bond motifs is 1. The highest BCUT2D eigenvalue weighted by atomic mass is 35.5. The molecule has 0 saturated heterocycles. The van der Waals surface area contributed by atoms with E-state index in [1.54, 1.807) is 24.5 Å². The van der Waals surface area contributed by atoms with Crippen LogP contribution in [0.4, 0.5) is 4.39 Å². The molecule has 30 heavy (non-hydrogen) atoms. The topological polar surface area (TPSA) is 34.1 Å². The number of benzene rings is 3. The van der Waals surface area contributed by atoms with E-state index in [4.69, 9.17) is 4.74 Å². The zero-order chi connectivity index (χ0) is 19.2. The normalized spacial score (nSPS) is 10.2. The molecule has 0 saturated carbocycles. The molecule has 0 radical (unpaired) electrons. The molecule has 0 amide bonds. The third-order valence-electron chi connectivity index (χ3n) is 4.69. The summed E-state index contributed by atoms with van der Waals surface area (Å²) in [6.45, 7) is 1.83. The van der Waals surface area contributed by atoms with Gasteiger partial charge in [-0.25, -0.2) is 4.39 Å². The van der Waals surface area contributed by atoms with Crippen LogP contribution in [0.1, 0.15) is 16.7 Å². The van der Waals surface area contributed by atoms with Gasteiger partial charge in [-0.15, -0.1) is 24.8 Å². The molecule has 3 nitrogen and oxygen atoms in total. The van der Waals surface area contributed by atoms with Gasteiger partial charge in [0.15, 0.2) is 0 Å². The van der Waals surface area contributed by atoms with Crippen molar-refractivity contribution in [3.05, 3.63) is 108 Å². The molecule has 4 aromatic rings. The van der Waals surface area contributed by atoms with E-state index in [1.165, 1.54) is 28.5 Å². The average Bonchev–Trinajstić information content (AvgIpc) is 2.75. The Morgan fingerprint density at radius 3 is 2.27 bits per heavy atom. The first kappa shape index (κ1) is 23.6. The summed E-state index contributed by atoms with van der Waals surface area (Å²) in [6.07, 6.45) is 3.60. The van der Waals surface area contributed by atoms with E-state index in [-0.39, 0.29) is 30.6 Å². The largest absolute Gasteiger partial charge is 0.489 e. The summed E-state index contributed by atoms with van der Waals surface area (Å²) >= 11 is 0. The highest BCUT2D eigenvalue weighted by molar-refractivity contribution is 5.87. The minimum Gasteiger partial charge on any atom is -0.489 e. The van der Waals surface area contributed by atoms with E-state index >= 15 is 0 Å². The number of nitrogens with zero attached hydrogens (tertiary/aromatic N) is 1. The molecule has 0 unspecified atom stereocenters. The second kappa shape index (κ2) is 11.5. The summed E-state index contributed by atoms with van der Waals surface area (Å²) < 4.78 is 19.2. The van der Waals surface area contributed by atoms with Crippen LogP contribution in [0.2, 0.25) is 0 Å². The first-order chi connectivity index (χ1) is 13.8. The van der Waals surface area contributed by atoms with Crippen LogP contribution < -0.4 is 10.1 Å². The van der Waals surface area contributed by atoms with Gasteiger partial charge in [0.1, 0.15) is 18.2 Å². The number of ether oxygens (including phenoxy) is 1. The molecule has 156 valence electrons. The van der Waals surface area contributed by atoms with Crippen LogP contribution in [0.15, 0.2) is 85.2 Å². The molecule has 0 spiro atoms. The Labute approximate surface area is 188 Å². The number of nitrogens with one attached hydrogen (secondary N) is 1. The summed E-state index contributed by atoms with van der Waals surface area (Å²) in [6, 6.07) is 22.8. The van der Waals surface area contributed by atoms with Gasteiger partial charge in [0.2, 0.25) is 0 Å². The number of halogens is 3. The minimum absolute atomic E-state index is 0. The molecule has 0 bridgehead atoms. The van der Waals surface area contributed by atoms with Crippen molar-refractivity contribution in [2.24, 2.45) is 0 Å². The fourth-order valence-electron chi connectivity index (χ4n) is 3.21. The number of pyridine rings is 1. The second-order valence-corrected chi connectivity index (χ2v) is 6.64. The molecule has 0 fully saturated rings. The van der Waals surface area contributed by atoms with Crippen molar-refractivity contribution in [3.63, 3.8) is 0 Å². The van der Waals surface area contributed by atoms with Crippen LogP contribution in [-0.4, -0.2) is 4.98 Å². The molecule has 0 aliphatic carbocycles. The highest BCUT2D eigenvalue weighted by Crippen LogP contribution is 2.29. The van der Waals surface area contributed by atoms with E-state index in [0.29, 0.717) is 13.2 Å². The predicted octanol–water partition coefficient (Wildman–Crippen LogP) is 6.09. The summed E-state index contributed by atoms with van der Waals surface area (Å²) in [5, 5.41) is 5.84. The van der Waals surface area contributed by atoms with Crippen molar-refractivity contribution < 1.29 is 9.13 Å². The molecule has 1 heterocycles. The molecular weight excluding hydrogens is 422 g/mol. The number of aromatic nitrogens is 1. The Balaban J connectivity index is 0.00000160. The monoisotopic (exact) mass is 444 g/mol. The standard InChI is InChI=1S/C24H21FN2O.2ClH/c25-21-8-5-19(6-9-21)17-28-24-10-7-20-3-1-2-4-22(20)23(24)16-27-15-18-11-13-26-14-12-18;;/h1-14,27H,15-17H2;2*1H. The van der Waals surface area contributed by atoms with Crippen LogP contribution in [0, 0.1) is 5.82 Å². The smallest absolute Gasteiger partial charge is 0.124 e. The molecular formula is C24H23Cl2FN2O. The maximum absolute atomic E-state index is 13.1. The third kappa shape index (κ3) is 5.92. The van der Waals surface area contributed by atoms with Crippen LogP contribution in [0.5, 0.6) is 5.75 Å². The molecule has 1 N–H and O–H groups in total. The van der Waals surface area contributed by atoms with Gasteiger partial charge >= 0.3 is 0 Å². The van der Waals surface area contributed by atoms with Crippen LogP contribution in [0.3, 0.4) is 0 Å². The van der Waals surface area contributed by atoms with Gasteiger partial charge in [-0.3, -0.25) is 4.98 Å². The quantitative estimate of drug-likeness (QED) is 0.374.